The van der Waals surface area contributed by atoms with Gasteiger partial charge in [-0.3, -0.25) is 14.9 Å². The zero-order chi connectivity index (χ0) is 16.1. The lowest BCUT2D eigenvalue weighted by Crippen LogP contribution is -2.15. The molecule has 0 aliphatic rings. The molecule has 0 bridgehead atoms. The molecular weight excluding hydrogens is 280 g/mol. The predicted molar refractivity (Wildman–Crippen MR) is 86.0 cm³/mol. The van der Waals surface area contributed by atoms with Crippen LogP contribution in [0.15, 0.2) is 48.5 Å². The predicted octanol–water partition coefficient (Wildman–Crippen LogP) is 3.90. The number of nitro groups is 1. The maximum atomic E-state index is 12.1. The lowest BCUT2D eigenvalue weighted by Gasteiger charge is -2.13. The summed E-state index contributed by atoms with van der Waals surface area (Å²) in [5, 5.41) is 13.5. The van der Waals surface area contributed by atoms with Crippen LogP contribution in [0.1, 0.15) is 30.9 Å². The molecule has 0 unspecified atom stereocenters. The lowest BCUT2D eigenvalue weighted by atomic mass is 10.0. The molecule has 5 nitrogen and oxygen atoms in total. The highest BCUT2D eigenvalue weighted by Crippen LogP contribution is 2.23. The minimum absolute atomic E-state index is 0.0225. The van der Waals surface area contributed by atoms with Gasteiger partial charge in [0.2, 0.25) is 5.91 Å². The molecule has 22 heavy (non-hydrogen) atoms. The summed E-state index contributed by atoms with van der Waals surface area (Å²) in [4.78, 5) is 22.3. The van der Waals surface area contributed by atoms with Crippen molar-refractivity contribution in [2.24, 2.45) is 0 Å². The summed E-state index contributed by atoms with van der Waals surface area (Å²) in [5.74, 6) is 0.179. The van der Waals surface area contributed by atoms with Gasteiger partial charge in [-0.15, -0.1) is 0 Å². The van der Waals surface area contributed by atoms with Gasteiger partial charge in [-0.05, 0) is 23.1 Å². The highest BCUT2D eigenvalue weighted by Gasteiger charge is 2.10. The minimum Gasteiger partial charge on any atom is -0.326 e. The largest absolute Gasteiger partial charge is 0.326 e. The molecule has 0 radical (unpaired) electrons. The van der Waals surface area contributed by atoms with Crippen LogP contribution in [-0.2, 0) is 11.2 Å². The second-order valence-corrected chi connectivity index (χ2v) is 5.39. The van der Waals surface area contributed by atoms with Crippen molar-refractivity contribution in [3.05, 3.63) is 69.8 Å². The molecule has 0 spiro atoms. The van der Waals surface area contributed by atoms with Crippen molar-refractivity contribution in [3.63, 3.8) is 0 Å². The molecule has 0 atom stereocenters. The van der Waals surface area contributed by atoms with Crippen LogP contribution in [0.5, 0.6) is 0 Å². The van der Waals surface area contributed by atoms with E-state index in [1.54, 1.807) is 12.1 Å². The standard InChI is InChI=1S/C17H18N2O3/c1-12(2)15-5-3-4-6-16(15)18-17(20)11-13-7-9-14(10-8-13)19(21)22/h3-10,12H,11H2,1-2H3,(H,18,20). The molecule has 0 heterocycles. The third-order valence-electron chi connectivity index (χ3n) is 3.37. The van der Waals surface area contributed by atoms with Gasteiger partial charge in [0.05, 0.1) is 11.3 Å². The Kier molecular flexibility index (Phi) is 4.88. The van der Waals surface area contributed by atoms with E-state index in [9.17, 15) is 14.9 Å². The first-order valence-corrected chi connectivity index (χ1v) is 7.09. The number of amides is 1. The monoisotopic (exact) mass is 298 g/mol. The van der Waals surface area contributed by atoms with Crippen molar-refractivity contribution in [1.29, 1.82) is 0 Å². The van der Waals surface area contributed by atoms with E-state index in [1.807, 2.05) is 24.3 Å². The van der Waals surface area contributed by atoms with Crippen molar-refractivity contribution < 1.29 is 9.72 Å². The number of carbonyl (C=O) groups excluding carboxylic acids is 1. The fraction of sp³-hybridized carbons (Fsp3) is 0.235. The Morgan fingerprint density at radius 2 is 1.77 bits per heavy atom. The first kappa shape index (κ1) is 15.7. The molecule has 0 aliphatic carbocycles. The molecule has 1 N–H and O–H groups in total. The molecule has 0 saturated heterocycles. The molecule has 2 aromatic rings. The van der Waals surface area contributed by atoms with Crippen LogP contribution < -0.4 is 5.32 Å². The molecule has 0 aromatic heterocycles. The third kappa shape index (κ3) is 3.91. The van der Waals surface area contributed by atoms with Gasteiger partial charge in [0.25, 0.3) is 5.69 Å². The minimum atomic E-state index is -0.456. The summed E-state index contributed by atoms with van der Waals surface area (Å²) in [6.07, 6.45) is 0.185. The maximum absolute atomic E-state index is 12.1. The number of non-ortho nitro benzene ring substituents is 1. The first-order chi connectivity index (χ1) is 10.5. The second-order valence-electron chi connectivity index (χ2n) is 5.39. The molecule has 1 amide bonds. The number of nitro benzene ring substituents is 1. The van der Waals surface area contributed by atoms with Crippen molar-refractivity contribution in [2.45, 2.75) is 26.2 Å². The van der Waals surface area contributed by atoms with Gasteiger partial charge in [-0.1, -0.05) is 44.2 Å². The van der Waals surface area contributed by atoms with Gasteiger partial charge in [0.15, 0.2) is 0 Å². The molecule has 5 heteroatoms. The van der Waals surface area contributed by atoms with Gasteiger partial charge < -0.3 is 5.32 Å². The van der Waals surface area contributed by atoms with E-state index in [4.69, 9.17) is 0 Å². The highest BCUT2D eigenvalue weighted by molar-refractivity contribution is 5.93. The van der Waals surface area contributed by atoms with Crippen molar-refractivity contribution >= 4 is 17.3 Å². The quantitative estimate of drug-likeness (QED) is 0.672. The lowest BCUT2D eigenvalue weighted by molar-refractivity contribution is -0.384. The SMILES string of the molecule is CC(C)c1ccccc1NC(=O)Cc1ccc([N+](=O)[O-])cc1. The van der Waals surface area contributed by atoms with Gasteiger partial charge in [-0.25, -0.2) is 0 Å². The number of benzene rings is 2. The molecule has 2 aromatic carbocycles. The van der Waals surface area contributed by atoms with Crippen LogP contribution in [0.4, 0.5) is 11.4 Å². The molecule has 114 valence electrons. The van der Waals surface area contributed by atoms with Crippen molar-refractivity contribution in [3.8, 4) is 0 Å². The number of anilines is 1. The van der Waals surface area contributed by atoms with E-state index in [2.05, 4.69) is 19.2 Å². The number of rotatable bonds is 5. The zero-order valence-electron chi connectivity index (χ0n) is 12.6. The average molecular weight is 298 g/mol. The summed E-state index contributed by atoms with van der Waals surface area (Å²) in [6.45, 7) is 4.14. The summed E-state index contributed by atoms with van der Waals surface area (Å²) < 4.78 is 0. The van der Waals surface area contributed by atoms with Gasteiger partial charge in [-0.2, -0.15) is 0 Å². The normalized spacial score (nSPS) is 10.5. The molecule has 0 saturated carbocycles. The number of nitrogens with one attached hydrogen (secondary N) is 1. The van der Waals surface area contributed by atoms with Crippen LogP contribution in [0.25, 0.3) is 0 Å². The summed E-state index contributed by atoms with van der Waals surface area (Å²) in [6, 6.07) is 13.7. The van der Waals surface area contributed by atoms with E-state index in [0.717, 1.165) is 16.8 Å². The van der Waals surface area contributed by atoms with Crippen LogP contribution in [0.2, 0.25) is 0 Å². The molecule has 2 rings (SSSR count). The number of para-hydroxylation sites is 1. The Hall–Kier alpha value is -2.69. The van der Waals surface area contributed by atoms with E-state index >= 15 is 0 Å². The van der Waals surface area contributed by atoms with Crippen molar-refractivity contribution in [2.75, 3.05) is 5.32 Å². The van der Waals surface area contributed by atoms with E-state index < -0.39 is 4.92 Å². The number of carbonyl (C=O) groups is 1. The fourth-order valence-corrected chi connectivity index (χ4v) is 2.23. The Bertz CT molecular complexity index is 679. The van der Waals surface area contributed by atoms with E-state index in [-0.39, 0.29) is 18.0 Å². The van der Waals surface area contributed by atoms with E-state index in [0.29, 0.717) is 5.92 Å². The van der Waals surface area contributed by atoms with E-state index in [1.165, 1.54) is 12.1 Å². The van der Waals surface area contributed by atoms with Crippen molar-refractivity contribution in [1.82, 2.24) is 0 Å². The smallest absolute Gasteiger partial charge is 0.269 e. The molecular formula is C17H18N2O3. The number of nitrogens with zero attached hydrogens (tertiary/aromatic N) is 1. The van der Waals surface area contributed by atoms with Crippen LogP contribution in [0.3, 0.4) is 0 Å². The second kappa shape index (κ2) is 6.85. The van der Waals surface area contributed by atoms with Crippen LogP contribution >= 0.6 is 0 Å². The summed E-state index contributed by atoms with van der Waals surface area (Å²) in [5.41, 5.74) is 2.66. The third-order valence-corrected chi connectivity index (χ3v) is 3.37. The number of hydrogen-bond acceptors (Lipinski definition) is 3. The Labute approximate surface area is 129 Å². The topological polar surface area (TPSA) is 72.2 Å². The molecule has 0 aliphatic heterocycles. The summed E-state index contributed by atoms with van der Waals surface area (Å²) in [7, 11) is 0. The van der Waals surface area contributed by atoms with Gasteiger partial charge in [0.1, 0.15) is 0 Å². The Morgan fingerprint density at radius 3 is 2.36 bits per heavy atom. The van der Waals surface area contributed by atoms with Crippen LogP contribution in [0, 0.1) is 10.1 Å². The highest BCUT2D eigenvalue weighted by atomic mass is 16.6. The maximum Gasteiger partial charge on any atom is 0.269 e. The van der Waals surface area contributed by atoms with Gasteiger partial charge in [0, 0.05) is 17.8 Å². The summed E-state index contributed by atoms with van der Waals surface area (Å²) >= 11 is 0. The average Bonchev–Trinajstić information content (AvgIpc) is 2.48. The number of hydrogen-bond donors (Lipinski definition) is 1. The zero-order valence-corrected chi connectivity index (χ0v) is 12.6. The fourth-order valence-electron chi connectivity index (χ4n) is 2.23. The molecule has 0 fully saturated rings. The first-order valence-electron chi connectivity index (χ1n) is 7.09. The Balaban J connectivity index is 2.06. The Morgan fingerprint density at radius 1 is 1.14 bits per heavy atom. The van der Waals surface area contributed by atoms with Gasteiger partial charge >= 0.3 is 0 Å². The van der Waals surface area contributed by atoms with Crippen LogP contribution in [-0.4, -0.2) is 10.8 Å².